The molecule has 0 aromatic carbocycles. The summed E-state index contributed by atoms with van der Waals surface area (Å²) in [5.74, 6) is 1.19. The van der Waals surface area contributed by atoms with Crippen molar-refractivity contribution in [2.45, 2.75) is 39.2 Å². The molecule has 1 aromatic heterocycles. The first-order chi connectivity index (χ1) is 6.33. The second kappa shape index (κ2) is 3.50. The molecule has 1 aliphatic heterocycles. The second-order valence-corrected chi connectivity index (χ2v) is 3.71. The first-order valence-electron chi connectivity index (χ1n) is 5.08. The molecule has 0 bridgehead atoms. The fraction of sp³-hybridized carbons (Fsp3) is 0.700. The van der Waals surface area contributed by atoms with Crippen molar-refractivity contribution in [3.05, 3.63) is 17.2 Å². The minimum atomic E-state index is 0.704. The average Bonchev–Trinajstić information content (AvgIpc) is 2.46. The molecule has 2 heterocycles. The Balaban J connectivity index is 2.36. The summed E-state index contributed by atoms with van der Waals surface area (Å²) >= 11 is 0. The molecular weight excluding hydrogens is 162 g/mol. The maximum Gasteiger partial charge on any atom is 0.110 e. The summed E-state index contributed by atoms with van der Waals surface area (Å²) in [5, 5.41) is 0. The molecule has 0 saturated carbocycles. The van der Waals surface area contributed by atoms with E-state index in [0.29, 0.717) is 6.54 Å². The summed E-state index contributed by atoms with van der Waals surface area (Å²) < 4.78 is 2.37. The number of imidazole rings is 1. The Morgan fingerprint density at radius 2 is 2.31 bits per heavy atom. The van der Waals surface area contributed by atoms with Crippen molar-refractivity contribution in [1.29, 1.82) is 0 Å². The molecule has 0 amide bonds. The van der Waals surface area contributed by atoms with Crippen LogP contribution in [0.2, 0.25) is 0 Å². The molecule has 1 aromatic rings. The van der Waals surface area contributed by atoms with Crippen LogP contribution in [0.1, 0.15) is 30.1 Å². The quantitative estimate of drug-likeness (QED) is 0.737. The van der Waals surface area contributed by atoms with Gasteiger partial charge in [0.05, 0.1) is 5.69 Å². The first kappa shape index (κ1) is 8.75. The number of aromatic nitrogens is 2. The van der Waals surface area contributed by atoms with E-state index in [9.17, 15) is 0 Å². The van der Waals surface area contributed by atoms with Gasteiger partial charge in [-0.3, -0.25) is 0 Å². The lowest BCUT2D eigenvalue weighted by Gasteiger charge is -2.16. The van der Waals surface area contributed by atoms with E-state index in [4.69, 9.17) is 5.73 Å². The van der Waals surface area contributed by atoms with Crippen LogP contribution in [0.25, 0.3) is 0 Å². The number of hydrogen-bond donors (Lipinski definition) is 1. The molecule has 2 N–H and O–H groups in total. The molecule has 3 nitrogen and oxygen atoms in total. The Hall–Kier alpha value is -0.830. The number of nitrogens with two attached hydrogens (primary N) is 1. The second-order valence-electron chi connectivity index (χ2n) is 3.71. The highest BCUT2D eigenvalue weighted by atomic mass is 15.1. The summed E-state index contributed by atoms with van der Waals surface area (Å²) in [4.78, 5) is 4.56. The Bertz CT molecular complexity index is 301. The van der Waals surface area contributed by atoms with Crippen molar-refractivity contribution in [1.82, 2.24) is 9.55 Å². The van der Waals surface area contributed by atoms with E-state index in [2.05, 4.69) is 16.5 Å². The normalized spacial score (nSPS) is 15.8. The van der Waals surface area contributed by atoms with Gasteiger partial charge >= 0.3 is 0 Å². The van der Waals surface area contributed by atoms with Crippen molar-refractivity contribution in [2.75, 3.05) is 6.54 Å². The molecule has 0 unspecified atom stereocenters. The summed E-state index contributed by atoms with van der Waals surface area (Å²) in [6, 6.07) is 0. The van der Waals surface area contributed by atoms with E-state index in [0.717, 1.165) is 13.0 Å². The van der Waals surface area contributed by atoms with E-state index in [-0.39, 0.29) is 0 Å². The van der Waals surface area contributed by atoms with Gasteiger partial charge in [-0.2, -0.15) is 0 Å². The Morgan fingerprint density at radius 1 is 1.46 bits per heavy atom. The van der Waals surface area contributed by atoms with Crippen LogP contribution in [-0.2, 0) is 19.4 Å². The summed E-state index contributed by atoms with van der Waals surface area (Å²) in [6.07, 6.45) is 4.72. The third-order valence-electron chi connectivity index (χ3n) is 2.77. The third kappa shape index (κ3) is 1.48. The van der Waals surface area contributed by atoms with E-state index in [1.54, 1.807) is 0 Å². The lowest BCUT2D eigenvalue weighted by atomic mass is 10.1. The van der Waals surface area contributed by atoms with E-state index in [1.807, 2.05) is 0 Å². The first-order valence-corrected chi connectivity index (χ1v) is 5.08. The monoisotopic (exact) mass is 179 g/mol. The highest BCUT2D eigenvalue weighted by molar-refractivity contribution is 5.17. The molecule has 0 atom stereocenters. The molecule has 0 fully saturated rings. The molecule has 2 rings (SSSR count). The van der Waals surface area contributed by atoms with Crippen molar-refractivity contribution < 1.29 is 0 Å². The van der Waals surface area contributed by atoms with Crippen LogP contribution in [0, 0.1) is 6.92 Å². The zero-order chi connectivity index (χ0) is 9.26. The molecule has 1 aliphatic rings. The smallest absolute Gasteiger partial charge is 0.110 e. The molecule has 0 spiro atoms. The molecule has 0 saturated heterocycles. The van der Waals surface area contributed by atoms with Crippen LogP contribution in [-0.4, -0.2) is 16.1 Å². The van der Waals surface area contributed by atoms with E-state index in [1.165, 1.54) is 36.5 Å². The lowest BCUT2D eigenvalue weighted by Crippen LogP contribution is -2.15. The predicted octanol–water partition coefficient (Wildman–Crippen LogP) is 1.03. The van der Waals surface area contributed by atoms with Gasteiger partial charge in [0, 0.05) is 18.7 Å². The lowest BCUT2D eigenvalue weighted by molar-refractivity contribution is 0.513. The standard InChI is InChI=1S/C10H17N3/c1-8-9-4-2-3-7-13(9)10(12-8)5-6-11/h2-7,11H2,1H3. The minimum absolute atomic E-state index is 0.704. The van der Waals surface area contributed by atoms with Gasteiger partial charge in [0.15, 0.2) is 0 Å². The van der Waals surface area contributed by atoms with Gasteiger partial charge in [-0.25, -0.2) is 4.98 Å². The van der Waals surface area contributed by atoms with Gasteiger partial charge < -0.3 is 10.3 Å². The van der Waals surface area contributed by atoms with Gasteiger partial charge in [-0.15, -0.1) is 0 Å². The maximum absolute atomic E-state index is 5.55. The number of rotatable bonds is 2. The minimum Gasteiger partial charge on any atom is -0.332 e. The van der Waals surface area contributed by atoms with Crippen LogP contribution < -0.4 is 5.73 Å². The molecule has 0 aliphatic carbocycles. The van der Waals surface area contributed by atoms with Gasteiger partial charge in [-0.05, 0) is 32.7 Å². The highest BCUT2D eigenvalue weighted by Gasteiger charge is 2.16. The number of hydrogen-bond acceptors (Lipinski definition) is 2. The zero-order valence-corrected chi connectivity index (χ0v) is 8.21. The van der Waals surface area contributed by atoms with E-state index < -0.39 is 0 Å². The number of nitrogens with zero attached hydrogens (tertiary/aromatic N) is 2. The van der Waals surface area contributed by atoms with Crippen LogP contribution >= 0.6 is 0 Å². The van der Waals surface area contributed by atoms with Crippen LogP contribution in [0.15, 0.2) is 0 Å². The van der Waals surface area contributed by atoms with Crippen molar-refractivity contribution in [3.63, 3.8) is 0 Å². The SMILES string of the molecule is Cc1nc(CCN)n2c1CCCC2. The van der Waals surface area contributed by atoms with Crippen molar-refractivity contribution in [2.24, 2.45) is 5.73 Å². The van der Waals surface area contributed by atoms with Crippen LogP contribution in [0.5, 0.6) is 0 Å². The summed E-state index contributed by atoms with van der Waals surface area (Å²) in [7, 11) is 0. The fourth-order valence-corrected chi connectivity index (χ4v) is 2.13. The van der Waals surface area contributed by atoms with E-state index >= 15 is 0 Å². The van der Waals surface area contributed by atoms with Crippen molar-refractivity contribution >= 4 is 0 Å². The van der Waals surface area contributed by atoms with Gasteiger partial charge in [0.2, 0.25) is 0 Å². The molecule has 72 valence electrons. The molecular formula is C10H17N3. The molecule has 13 heavy (non-hydrogen) atoms. The zero-order valence-electron chi connectivity index (χ0n) is 8.21. The molecule has 0 radical (unpaired) electrons. The Kier molecular flexibility index (Phi) is 2.36. The topological polar surface area (TPSA) is 43.8 Å². The van der Waals surface area contributed by atoms with Crippen LogP contribution in [0.4, 0.5) is 0 Å². The highest BCUT2D eigenvalue weighted by Crippen LogP contribution is 2.20. The summed E-state index contributed by atoms with van der Waals surface area (Å²) in [6.45, 7) is 3.96. The predicted molar refractivity (Wildman–Crippen MR) is 52.7 cm³/mol. The average molecular weight is 179 g/mol. The van der Waals surface area contributed by atoms with Gasteiger partial charge in [0.25, 0.3) is 0 Å². The largest absolute Gasteiger partial charge is 0.332 e. The Labute approximate surface area is 79.0 Å². The van der Waals surface area contributed by atoms with Crippen LogP contribution in [0.3, 0.4) is 0 Å². The maximum atomic E-state index is 5.55. The fourth-order valence-electron chi connectivity index (χ4n) is 2.13. The summed E-state index contributed by atoms with van der Waals surface area (Å²) in [5.41, 5.74) is 8.20. The molecule has 3 heteroatoms. The number of fused-ring (bicyclic) bond motifs is 1. The number of aryl methyl sites for hydroxylation is 1. The van der Waals surface area contributed by atoms with Crippen molar-refractivity contribution in [3.8, 4) is 0 Å². The Morgan fingerprint density at radius 3 is 3.08 bits per heavy atom. The van der Waals surface area contributed by atoms with Gasteiger partial charge in [0.1, 0.15) is 5.82 Å². The third-order valence-corrected chi connectivity index (χ3v) is 2.77. The van der Waals surface area contributed by atoms with Gasteiger partial charge in [-0.1, -0.05) is 0 Å².